The molecule has 4 heteroatoms. The van der Waals surface area contributed by atoms with E-state index in [1.54, 1.807) is 0 Å². The maximum Gasteiger partial charge on any atom is 0.306 e. The standard InChI is InChI=1S/C11H22N2O2/c1-13(2)11(6-4-7-11)9-12-8-5-10(14)15-3/h12H,4-9H2,1-3H3. The van der Waals surface area contributed by atoms with E-state index >= 15 is 0 Å². The zero-order valence-electron chi connectivity index (χ0n) is 10.0. The highest BCUT2D eigenvalue weighted by Gasteiger charge is 2.38. The van der Waals surface area contributed by atoms with Gasteiger partial charge in [0, 0.05) is 18.6 Å². The largest absolute Gasteiger partial charge is 0.469 e. The van der Waals surface area contributed by atoms with Crippen molar-refractivity contribution in [3.05, 3.63) is 0 Å². The fourth-order valence-electron chi connectivity index (χ4n) is 1.98. The van der Waals surface area contributed by atoms with Gasteiger partial charge in [-0.15, -0.1) is 0 Å². The zero-order chi connectivity index (χ0) is 11.3. The van der Waals surface area contributed by atoms with Crippen LogP contribution in [-0.4, -0.2) is 50.7 Å². The molecule has 0 bridgehead atoms. The molecule has 0 aromatic heterocycles. The summed E-state index contributed by atoms with van der Waals surface area (Å²) < 4.78 is 4.58. The summed E-state index contributed by atoms with van der Waals surface area (Å²) in [6.45, 7) is 1.68. The van der Waals surface area contributed by atoms with Crippen LogP contribution in [-0.2, 0) is 9.53 Å². The number of methoxy groups -OCH3 is 1. The van der Waals surface area contributed by atoms with Crippen LogP contribution < -0.4 is 5.32 Å². The van der Waals surface area contributed by atoms with Gasteiger partial charge in [0.05, 0.1) is 13.5 Å². The van der Waals surface area contributed by atoms with Crippen LogP contribution in [0.3, 0.4) is 0 Å². The minimum Gasteiger partial charge on any atom is -0.469 e. The number of nitrogens with zero attached hydrogens (tertiary/aromatic N) is 1. The van der Waals surface area contributed by atoms with E-state index < -0.39 is 0 Å². The van der Waals surface area contributed by atoms with Crippen LogP contribution in [0.25, 0.3) is 0 Å². The van der Waals surface area contributed by atoms with Gasteiger partial charge in [-0.1, -0.05) is 0 Å². The molecule has 0 radical (unpaired) electrons. The Labute approximate surface area is 92.0 Å². The van der Waals surface area contributed by atoms with Gasteiger partial charge in [-0.3, -0.25) is 4.79 Å². The Balaban J connectivity index is 2.16. The predicted octanol–water partition coefficient (Wildman–Crippen LogP) is 0.623. The number of hydrogen-bond acceptors (Lipinski definition) is 4. The van der Waals surface area contributed by atoms with Crippen molar-refractivity contribution in [2.75, 3.05) is 34.3 Å². The minimum absolute atomic E-state index is 0.144. The fraction of sp³-hybridized carbons (Fsp3) is 0.909. The van der Waals surface area contributed by atoms with E-state index in [2.05, 4.69) is 29.0 Å². The van der Waals surface area contributed by atoms with Gasteiger partial charge in [-0.2, -0.15) is 0 Å². The summed E-state index contributed by atoms with van der Waals surface area (Å²) >= 11 is 0. The first-order chi connectivity index (χ1) is 7.10. The van der Waals surface area contributed by atoms with Gasteiger partial charge >= 0.3 is 5.97 Å². The van der Waals surface area contributed by atoms with Gasteiger partial charge in [-0.05, 0) is 33.4 Å². The van der Waals surface area contributed by atoms with Gasteiger partial charge in [0.1, 0.15) is 0 Å². The molecule has 1 saturated carbocycles. The zero-order valence-corrected chi connectivity index (χ0v) is 10.0. The third-order valence-corrected chi connectivity index (χ3v) is 3.42. The summed E-state index contributed by atoms with van der Waals surface area (Å²) in [5.74, 6) is -0.144. The highest BCUT2D eigenvalue weighted by Crippen LogP contribution is 2.35. The maximum atomic E-state index is 10.9. The van der Waals surface area contributed by atoms with E-state index in [1.807, 2.05) is 0 Å². The van der Waals surface area contributed by atoms with E-state index in [4.69, 9.17) is 0 Å². The first kappa shape index (κ1) is 12.5. The number of rotatable bonds is 6. The lowest BCUT2D eigenvalue weighted by atomic mass is 9.75. The molecule has 4 nitrogen and oxygen atoms in total. The maximum absolute atomic E-state index is 10.9. The molecule has 0 unspecified atom stereocenters. The van der Waals surface area contributed by atoms with Crippen molar-refractivity contribution in [2.24, 2.45) is 0 Å². The van der Waals surface area contributed by atoms with Gasteiger partial charge in [-0.25, -0.2) is 0 Å². The monoisotopic (exact) mass is 214 g/mol. The number of likely N-dealkylation sites (N-methyl/N-ethyl adjacent to an activating group) is 1. The summed E-state index contributed by atoms with van der Waals surface area (Å²) in [5, 5.41) is 3.33. The van der Waals surface area contributed by atoms with Gasteiger partial charge in [0.2, 0.25) is 0 Å². The van der Waals surface area contributed by atoms with Crippen LogP contribution in [0.15, 0.2) is 0 Å². The van der Waals surface area contributed by atoms with E-state index in [9.17, 15) is 4.79 Å². The van der Waals surface area contributed by atoms with Gasteiger partial charge in [0.25, 0.3) is 0 Å². The van der Waals surface area contributed by atoms with Crippen molar-refractivity contribution in [1.82, 2.24) is 10.2 Å². The second-order valence-electron chi connectivity index (χ2n) is 4.48. The van der Waals surface area contributed by atoms with Crippen molar-refractivity contribution in [3.63, 3.8) is 0 Å². The number of carbonyl (C=O) groups excluding carboxylic acids is 1. The Morgan fingerprint density at radius 1 is 1.47 bits per heavy atom. The molecule has 0 atom stereocenters. The molecule has 1 fully saturated rings. The van der Waals surface area contributed by atoms with Crippen LogP contribution in [0.5, 0.6) is 0 Å². The van der Waals surface area contributed by atoms with E-state index in [0.717, 1.165) is 6.54 Å². The Kier molecular flexibility index (Phi) is 4.54. The molecule has 1 aliphatic rings. The summed E-state index contributed by atoms with van der Waals surface area (Å²) in [6, 6.07) is 0. The number of carbonyl (C=O) groups is 1. The summed E-state index contributed by atoms with van der Waals surface area (Å²) in [7, 11) is 5.68. The topological polar surface area (TPSA) is 41.6 Å². The van der Waals surface area contributed by atoms with Gasteiger partial charge < -0.3 is 15.0 Å². The third kappa shape index (κ3) is 3.18. The highest BCUT2D eigenvalue weighted by molar-refractivity contribution is 5.69. The molecular formula is C11H22N2O2. The number of esters is 1. The van der Waals surface area contributed by atoms with Crippen LogP contribution >= 0.6 is 0 Å². The molecule has 0 amide bonds. The second kappa shape index (κ2) is 5.47. The SMILES string of the molecule is COC(=O)CCNCC1(N(C)C)CCC1. The van der Waals surface area contributed by atoms with Gasteiger partial charge in [0.15, 0.2) is 0 Å². The van der Waals surface area contributed by atoms with Crippen molar-refractivity contribution < 1.29 is 9.53 Å². The van der Waals surface area contributed by atoms with Crippen LogP contribution in [0, 0.1) is 0 Å². The first-order valence-corrected chi connectivity index (χ1v) is 5.56. The highest BCUT2D eigenvalue weighted by atomic mass is 16.5. The van der Waals surface area contributed by atoms with Crippen LogP contribution in [0.1, 0.15) is 25.7 Å². The van der Waals surface area contributed by atoms with Crippen molar-refractivity contribution in [3.8, 4) is 0 Å². The van der Waals surface area contributed by atoms with E-state index in [-0.39, 0.29) is 5.97 Å². The van der Waals surface area contributed by atoms with Crippen molar-refractivity contribution in [2.45, 2.75) is 31.2 Å². The molecule has 15 heavy (non-hydrogen) atoms. The second-order valence-corrected chi connectivity index (χ2v) is 4.48. The minimum atomic E-state index is -0.144. The smallest absolute Gasteiger partial charge is 0.306 e. The average Bonchev–Trinajstić information content (AvgIpc) is 2.14. The number of nitrogens with one attached hydrogen (secondary N) is 1. The van der Waals surface area contributed by atoms with Crippen LogP contribution in [0.2, 0.25) is 0 Å². The predicted molar refractivity (Wildman–Crippen MR) is 59.8 cm³/mol. The molecule has 1 N–H and O–H groups in total. The average molecular weight is 214 g/mol. The fourth-order valence-corrected chi connectivity index (χ4v) is 1.98. The lowest BCUT2D eigenvalue weighted by molar-refractivity contribution is -0.140. The third-order valence-electron chi connectivity index (χ3n) is 3.42. The molecule has 1 rings (SSSR count). The normalized spacial score (nSPS) is 18.7. The molecule has 0 saturated heterocycles. The number of ether oxygens (including phenoxy) is 1. The first-order valence-electron chi connectivity index (χ1n) is 5.56. The van der Waals surface area contributed by atoms with Crippen molar-refractivity contribution in [1.29, 1.82) is 0 Å². The van der Waals surface area contributed by atoms with E-state index in [1.165, 1.54) is 26.4 Å². The summed E-state index contributed by atoms with van der Waals surface area (Å²) in [4.78, 5) is 13.2. The lowest BCUT2D eigenvalue weighted by Gasteiger charge is -2.47. The molecule has 0 aromatic rings. The van der Waals surface area contributed by atoms with E-state index in [0.29, 0.717) is 18.5 Å². The molecule has 0 aromatic carbocycles. The molecule has 1 aliphatic carbocycles. The number of hydrogen-bond donors (Lipinski definition) is 1. The van der Waals surface area contributed by atoms with Crippen molar-refractivity contribution >= 4 is 5.97 Å². The Morgan fingerprint density at radius 3 is 2.53 bits per heavy atom. The molecule has 0 aliphatic heterocycles. The Morgan fingerprint density at radius 2 is 2.13 bits per heavy atom. The quantitative estimate of drug-likeness (QED) is 0.520. The summed E-state index contributed by atoms with van der Waals surface area (Å²) in [5.41, 5.74) is 0.329. The molecular weight excluding hydrogens is 192 g/mol. The Hall–Kier alpha value is -0.610. The lowest BCUT2D eigenvalue weighted by Crippen LogP contribution is -2.56. The summed E-state index contributed by atoms with van der Waals surface area (Å²) in [6.07, 6.45) is 4.29. The molecule has 88 valence electrons. The Bertz CT molecular complexity index is 213. The molecule has 0 spiro atoms. The molecule has 0 heterocycles. The van der Waals surface area contributed by atoms with Crippen LogP contribution in [0.4, 0.5) is 0 Å².